The molecule has 118 valence electrons. The Kier molecular flexibility index (Phi) is 6.66. The summed E-state index contributed by atoms with van der Waals surface area (Å²) in [4.78, 5) is 18.2. The molecule has 4 heteroatoms. The molecule has 0 unspecified atom stereocenters. The summed E-state index contributed by atoms with van der Waals surface area (Å²) < 4.78 is 0. The van der Waals surface area contributed by atoms with Crippen molar-refractivity contribution in [3.05, 3.63) is 23.4 Å². The molecule has 0 atom stereocenters. The SMILES string of the molecule is CCC(CC)CN(CC)c1cc(C(=O)O)cc(C(C)C)n1. The van der Waals surface area contributed by atoms with Crippen LogP contribution in [0.25, 0.3) is 0 Å². The number of nitrogens with zero attached hydrogens (tertiary/aromatic N) is 2. The number of aromatic carboxylic acids is 1. The van der Waals surface area contributed by atoms with E-state index in [0.717, 1.165) is 37.4 Å². The van der Waals surface area contributed by atoms with Gasteiger partial charge in [-0.2, -0.15) is 0 Å². The number of aromatic nitrogens is 1. The molecule has 1 aromatic heterocycles. The molecule has 1 heterocycles. The van der Waals surface area contributed by atoms with Crippen LogP contribution in [0.4, 0.5) is 5.82 Å². The third kappa shape index (κ3) is 4.73. The molecule has 0 aromatic carbocycles. The van der Waals surface area contributed by atoms with E-state index in [2.05, 4.69) is 30.7 Å². The lowest BCUT2D eigenvalue weighted by Gasteiger charge is -2.27. The molecule has 0 spiro atoms. The molecule has 1 rings (SSSR count). The van der Waals surface area contributed by atoms with Crippen molar-refractivity contribution in [2.75, 3.05) is 18.0 Å². The van der Waals surface area contributed by atoms with E-state index >= 15 is 0 Å². The van der Waals surface area contributed by atoms with Crippen molar-refractivity contribution in [2.45, 2.75) is 53.4 Å². The van der Waals surface area contributed by atoms with Crippen molar-refractivity contribution in [2.24, 2.45) is 5.92 Å². The molecule has 0 radical (unpaired) electrons. The summed E-state index contributed by atoms with van der Waals surface area (Å²) in [6, 6.07) is 3.38. The van der Waals surface area contributed by atoms with Crippen LogP contribution in [0.15, 0.2) is 12.1 Å². The molecule has 1 N–H and O–H groups in total. The van der Waals surface area contributed by atoms with Crippen LogP contribution in [0.1, 0.15) is 69.4 Å². The van der Waals surface area contributed by atoms with E-state index in [1.165, 1.54) is 0 Å². The number of carboxylic acids is 1. The Hall–Kier alpha value is -1.58. The van der Waals surface area contributed by atoms with Crippen LogP contribution in [0.3, 0.4) is 0 Å². The topological polar surface area (TPSA) is 53.4 Å². The third-order valence-corrected chi connectivity index (χ3v) is 4.01. The minimum atomic E-state index is -0.890. The first-order chi connectivity index (χ1) is 9.92. The smallest absolute Gasteiger partial charge is 0.335 e. The highest BCUT2D eigenvalue weighted by molar-refractivity contribution is 5.88. The van der Waals surface area contributed by atoms with Gasteiger partial charge in [-0.05, 0) is 30.9 Å². The van der Waals surface area contributed by atoms with Crippen molar-refractivity contribution in [1.82, 2.24) is 4.98 Å². The molecular formula is C17H28N2O2. The zero-order valence-electron chi connectivity index (χ0n) is 13.9. The van der Waals surface area contributed by atoms with Crippen LogP contribution < -0.4 is 4.90 Å². The molecule has 0 bridgehead atoms. The Balaban J connectivity index is 3.15. The van der Waals surface area contributed by atoms with E-state index in [1.54, 1.807) is 12.1 Å². The zero-order chi connectivity index (χ0) is 16.0. The normalized spacial score (nSPS) is 11.2. The van der Waals surface area contributed by atoms with E-state index in [1.807, 2.05) is 13.8 Å². The van der Waals surface area contributed by atoms with Gasteiger partial charge in [0.05, 0.1) is 5.56 Å². The van der Waals surface area contributed by atoms with E-state index in [9.17, 15) is 9.90 Å². The highest BCUT2D eigenvalue weighted by atomic mass is 16.4. The Labute approximate surface area is 128 Å². The second-order valence-electron chi connectivity index (χ2n) is 5.82. The van der Waals surface area contributed by atoms with Gasteiger partial charge in [-0.3, -0.25) is 0 Å². The first-order valence-corrected chi connectivity index (χ1v) is 7.93. The van der Waals surface area contributed by atoms with Gasteiger partial charge in [-0.1, -0.05) is 40.5 Å². The molecule has 0 saturated carbocycles. The first kappa shape index (κ1) is 17.5. The van der Waals surface area contributed by atoms with E-state index in [-0.39, 0.29) is 5.92 Å². The molecule has 0 aliphatic carbocycles. The fraction of sp³-hybridized carbons (Fsp3) is 0.647. The Bertz CT molecular complexity index is 468. The second-order valence-corrected chi connectivity index (χ2v) is 5.82. The van der Waals surface area contributed by atoms with Crippen molar-refractivity contribution >= 4 is 11.8 Å². The van der Waals surface area contributed by atoms with Gasteiger partial charge < -0.3 is 10.0 Å². The summed E-state index contributed by atoms with van der Waals surface area (Å²) in [5.41, 5.74) is 1.17. The van der Waals surface area contributed by atoms with Crippen LogP contribution in [-0.2, 0) is 0 Å². The highest BCUT2D eigenvalue weighted by Crippen LogP contribution is 2.22. The Morgan fingerprint density at radius 2 is 1.86 bits per heavy atom. The maximum absolute atomic E-state index is 11.3. The average molecular weight is 292 g/mol. The Morgan fingerprint density at radius 3 is 2.29 bits per heavy atom. The summed E-state index contributed by atoms with van der Waals surface area (Å²) >= 11 is 0. The lowest BCUT2D eigenvalue weighted by molar-refractivity contribution is 0.0696. The number of pyridine rings is 1. The summed E-state index contributed by atoms with van der Waals surface area (Å²) in [5, 5.41) is 9.30. The lowest BCUT2D eigenvalue weighted by atomic mass is 10.0. The summed E-state index contributed by atoms with van der Waals surface area (Å²) in [6.07, 6.45) is 2.26. The van der Waals surface area contributed by atoms with Crippen LogP contribution in [0, 0.1) is 5.92 Å². The van der Waals surface area contributed by atoms with Gasteiger partial charge in [0, 0.05) is 18.8 Å². The van der Waals surface area contributed by atoms with Crippen molar-refractivity contribution in [3.63, 3.8) is 0 Å². The standard InChI is InChI=1S/C17H28N2O2/c1-6-13(7-2)11-19(8-3)16-10-14(17(20)21)9-15(18-16)12(4)5/h9-10,12-13H,6-8,11H2,1-5H3,(H,20,21). The van der Waals surface area contributed by atoms with E-state index in [0.29, 0.717) is 11.5 Å². The van der Waals surface area contributed by atoms with Gasteiger partial charge in [-0.15, -0.1) is 0 Å². The molecule has 0 fully saturated rings. The van der Waals surface area contributed by atoms with Gasteiger partial charge >= 0.3 is 5.97 Å². The third-order valence-electron chi connectivity index (χ3n) is 4.01. The minimum Gasteiger partial charge on any atom is -0.478 e. The molecular weight excluding hydrogens is 264 g/mol. The van der Waals surface area contributed by atoms with Gasteiger partial charge in [-0.25, -0.2) is 9.78 Å². The van der Waals surface area contributed by atoms with E-state index < -0.39 is 5.97 Å². The quantitative estimate of drug-likeness (QED) is 0.781. The first-order valence-electron chi connectivity index (χ1n) is 7.93. The lowest BCUT2D eigenvalue weighted by Crippen LogP contribution is -2.30. The van der Waals surface area contributed by atoms with Gasteiger partial charge in [0.15, 0.2) is 0 Å². The Morgan fingerprint density at radius 1 is 1.24 bits per heavy atom. The van der Waals surface area contributed by atoms with E-state index in [4.69, 9.17) is 0 Å². The number of carboxylic acid groups (broad SMARTS) is 1. The monoisotopic (exact) mass is 292 g/mol. The predicted molar refractivity (Wildman–Crippen MR) is 87.2 cm³/mol. The maximum atomic E-state index is 11.3. The van der Waals surface area contributed by atoms with Crippen LogP contribution >= 0.6 is 0 Å². The largest absolute Gasteiger partial charge is 0.478 e. The predicted octanol–water partition coefficient (Wildman–Crippen LogP) is 4.17. The number of anilines is 1. The van der Waals surface area contributed by atoms with Gasteiger partial charge in [0.25, 0.3) is 0 Å². The van der Waals surface area contributed by atoms with Crippen molar-refractivity contribution < 1.29 is 9.90 Å². The molecule has 21 heavy (non-hydrogen) atoms. The highest BCUT2D eigenvalue weighted by Gasteiger charge is 2.16. The molecule has 4 nitrogen and oxygen atoms in total. The van der Waals surface area contributed by atoms with Crippen molar-refractivity contribution in [3.8, 4) is 0 Å². The summed E-state index contributed by atoms with van der Waals surface area (Å²) in [7, 11) is 0. The second kappa shape index (κ2) is 8.01. The molecule has 0 aliphatic heterocycles. The van der Waals surface area contributed by atoms with Crippen LogP contribution in [0.5, 0.6) is 0 Å². The number of hydrogen-bond acceptors (Lipinski definition) is 3. The van der Waals surface area contributed by atoms with Crippen LogP contribution in [-0.4, -0.2) is 29.1 Å². The number of rotatable bonds is 8. The fourth-order valence-electron chi connectivity index (χ4n) is 2.36. The zero-order valence-corrected chi connectivity index (χ0v) is 13.9. The van der Waals surface area contributed by atoms with Gasteiger partial charge in [0.2, 0.25) is 0 Å². The number of hydrogen-bond donors (Lipinski definition) is 1. The molecule has 0 aliphatic rings. The maximum Gasteiger partial charge on any atom is 0.335 e. The van der Waals surface area contributed by atoms with Gasteiger partial charge in [0.1, 0.15) is 5.82 Å². The average Bonchev–Trinajstić information content (AvgIpc) is 2.48. The molecule has 0 amide bonds. The summed E-state index contributed by atoms with van der Waals surface area (Å²) in [6.45, 7) is 12.3. The summed E-state index contributed by atoms with van der Waals surface area (Å²) in [5.74, 6) is 0.727. The fourth-order valence-corrected chi connectivity index (χ4v) is 2.36. The molecule has 1 aromatic rings. The van der Waals surface area contributed by atoms with Crippen LogP contribution in [0.2, 0.25) is 0 Å². The number of carbonyl (C=O) groups is 1. The van der Waals surface area contributed by atoms with Crippen molar-refractivity contribution in [1.29, 1.82) is 0 Å². The minimum absolute atomic E-state index is 0.218. The molecule has 0 saturated heterocycles.